The molecule has 0 saturated carbocycles. The van der Waals surface area contributed by atoms with Crippen molar-refractivity contribution in [3.63, 3.8) is 0 Å². The number of hydrogen-bond donors (Lipinski definition) is 3. The van der Waals surface area contributed by atoms with Crippen LogP contribution in [0.1, 0.15) is 56.6 Å². The van der Waals surface area contributed by atoms with E-state index < -0.39 is 12.0 Å². The molecule has 0 spiro atoms. The van der Waals surface area contributed by atoms with Gasteiger partial charge < -0.3 is 20.6 Å². The fourth-order valence-electron chi connectivity index (χ4n) is 4.48. The number of aliphatic carboxylic acids is 1. The maximum atomic E-state index is 12.9. The number of carboxylic acid groups (broad SMARTS) is 1. The number of carbonyl (C=O) groups excluding carboxylic acids is 2. The van der Waals surface area contributed by atoms with Gasteiger partial charge in [0.15, 0.2) is 0 Å². The highest BCUT2D eigenvalue weighted by Gasteiger charge is 2.30. The molecule has 2 aliphatic rings. The van der Waals surface area contributed by atoms with Gasteiger partial charge in [0, 0.05) is 19.5 Å². The Labute approximate surface area is 178 Å². The van der Waals surface area contributed by atoms with Crippen molar-refractivity contribution >= 4 is 17.8 Å². The van der Waals surface area contributed by atoms with E-state index in [0.29, 0.717) is 25.4 Å². The molecular weight excluding hydrogens is 382 g/mol. The molecule has 3 rings (SSSR count). The van der Waals surface area contributed by atoms with Crippen LogP contribution in [0.5, 0.6) is 0 Å². The van der Waals surface area contributed by atoms with Crippen LogP contribution >= 0.6 is 0 Å². The quantitative estimate of drug-likeness (QED) is 0.605. The van der Waals surface area contributed by atoms with Crippen LogP contribution in [0, 0.1) is 11.8 Å². The Kier molecular flexibility index (Phi) is 8.25. The van der Waals surface area contributed by atoms with Gasteiger partial charge in [0.2, 0.25) is 11.8 Å². The summed E-state index contributed by atoms with van der Waals surface area (Å²) in [7, 11) is 0. The Balaban J connectivity index is 1.53. The minimum absolute atomic E-state index is 0.135. The van der Waals surface area contributed by atoms with Crippen molar-refractivity contribution in [3.8, 4) is 0 Å². The summed E-state index contributed by atoms with van der Waals surface area (Å²) in [5.41, 5.74) is 0.777. The molecule has 2 fully saturated rings. The molecule has 1 aromatic carbocycles. The highest BCUT2D eigenvalue weighted by Crippen LogP contribution is 2.23. The van der Waals surface area contributed by atoms with Gasteiger partial charge in [-0.1, -0.05) is 30.3 Å². The molecule has 2 saturated heterocycles. The maximum absolute atomic E-state index is 12.9. The van der Waals surface area contributed by atoms with Gasteiger partial charge in [0.1, 0.15) is 0 Å². The second-order valence-electron chi connectivity index (χ2n) is 8.48. The lowest BCUT2D eigenvalue weighted by molar-refractivity contribution is -0.138. The molecule has 1 unspecified atom stereocenters. The molecule has 0 bridgehead atoms. The second-order valence-corrected chi connectivity index (χ2v) is 8.48. The van der Waals surface area contributed by atoms with Crippen LogP contribution in [0.25, 0.3) is 0 Å². The molecule has 7 heteroatoms. The number of benzene rings is 1. The van der Waals surface area contributed by atoms with Gasteiger partial charge in [-0.05, 0) is 56.7 Å². The van der Waals surface area contributed by atoms with Gasteiger partial charge in [-0.15, -0.1) is 0 Å². The third-order valence-corrected chi connectivity index (χ3v) is 6.27. The number of hydrogen-bond acceptors (Lipinski definition) is 4. The average Bonchev–Trinajstić information content (AvgIpc) is 2.78. The number of amides is 2. The molecule has 0 aromatic heterocycles. The van der Waals surface area contributed by atoms with Crippen molar-refractivity contribution in [3.05, 3.63) is 35.9 Å². The number of likely N-dealkylation sites (tertiary alicyclic amines) is 1. The zero-order chi connectivity index (χ0) is 21.3. The highest BCUT2D eigenvalue weighted by atomic mass is 16.4. The predicted octanol–water partition coefficient (Wildman–Crippen LogP) is 2.34. The van der Waals surface area contributed by atoms with Crippen molar-refractivity contribution in [2.24, 2.45) is 11.8 Å². The Morgan fingerprint density at radius 1 is 1.13 bits per heavy atom. The Hall–Kier alpha value is -2.41. The summed E-state index contributed by atoms with van der Waals surface area (Å²) in [6.45, 7) is 3.19. The van der Waals surface area contributed by atoms with E-state index in [0.717, 1.165) is 50.8 Å². The van der Waals surface area contributed by atoms with Crippen LogP contribution in [0.2, 0.25) is 0 Å². The summed E-state index contributed by atoms with van der Waals surface area (Å²) in [5, 5.41) is 15.5. The molecule has 2 heterocycles. The van der Waals surface area contributed by atoms with Gasteiger partial charge in [-0.2, -0.15) is 0 Å². The van der Waals surface area contributed by atoms with Gasteiger partial charge >= 0.3 is 5.97 Å². The summed E-state index contributed by atoms with van der Waals surface area (Å²) in [6, 6.07) is 8.61. The fraction of sp³-hybridized carbons (Fsp3) is 0.609. The maximum Gasteiger partial charge on any atom is 0.305 e. The minimum Gasteiger partial charge on any atom is -0.481 e. The van der Waals surface area contributed by atoms with Gasteiger partial charge in [-0.25, -0.2) is 0 Å². The lowest BCUT2D eigenvalue weighted by Crippen LogP contribution is -2.46. The topological polar surface area (TPSA) is 98.7 Å². The first-order chi connectivity index (χ1) is 14.5. The number of piperidine rings is 2. The molecule has 2 aliphatic heterocycles. The van der Waals surface area contributed by atoms with Crippen molar-refractivity contribution in [2.75, 3.05) is 26.2 Å². The third-order valence-electron chi connectivity index (χ3n) is 6.27. The van der Waals surface area contributed by atoms with E-state index in [-0.39, 0.29) is 24.2 Å². The van der Waals surface area contributed by atoms with Gasteiger partial charge in [0.25, 0.3) is 0 Å². The molecule has 3 N–H and O–H groups in total. The van der Waals surface area contributed by atoms with Crippen LogP contribution in [-0.4, -0.2) is 54.0 Å². The van der Waals surface area contributed by atoms with E-state index in [1.807, 2.05) is 35.2 Å². The van der Waals surface area contributed by atoms with Crippen molar-refractivity contribution in [2.45, 2.75) is 51.0 Å². The average molecular weight is 416 g/mol. The molecular formula is C23H33N3O4. The first-order valence-electron chi connectivity index (χ1n) is 11.1. The summed E-state index contributed by atoms with van der Waals surface area (Å²) < 4.78 is 0. The number of carbonyl (C=O) groups is 3. The first-order valence-corrected chi connectivity index (χ1v) is 11.1. The first kappa shape index (κ1) is 22.3. The van der Waals surface area contributed by atoms with Gasteiger partial charge in [-0.3, -0.25) is 14.4 Å². The fourth-order valence-corrected chi connectivity index (χ4v) is 4.48. The van der Waals surface area contributed by atoms with Crippen LogP contribution < -0.4 is 10.6 Å². The normalized spacial score (nSPS) is 21.1. The molecule has 1 aromatic rings. The smallest absolute Gasteiger partial charge is 0.305 e. The van der Waals surface area contributed by atoms with Crippen molar-refractivity contribution < 1.29 is 19.5 Å². The van der Waals surface area contributed by atoms with E-state index >= 15 is 0 Å². The van der Waals surface area contributed by atoms with Crippen LogP contribution in [-0.2, 0) is 14.4 Å². The molecule has 2 amide bonds. The number of nitrogens with one attached hydrogen (secondary N) is 2. The van der Waals surface area contributed by atoms with E-state index in [1.165, 1.54) is 0 Å². The SMILES string of the molecule is O=C(O)CC(NC(=O)[C@@H]1CCCN(C(=O)CCC2CCNCC2)C1)c1ccccc1. The molecule has 30 heavy (non-hydrogen) atoms. The predicted molar refractivity (Wildman–Crippen MR) is 114 cm³/mol. The van der Waals surface area contributed by atoms with Crippen LogP contribution in [0.4, 0.5) is 0 Å². The summed E-state index contributed by atoms with van der Waals surface area (Å²) in [6.07, 6.45) is 5.07. The van der Waals surface area contributed by atoms with Crippen LogP contribution in [0.3, 0.4) is 0 Å². The highest BCUT2D eigenvalue weighted by molar-refractivity contribution is 5.82. The van der Waals surface area contributed by atoms with E-state index in [1.54, 1.807) is 0 Å². The zero-order valence-corrected chi connectivity index (χ0v) is 17.5. The standard InChI is InChI=1S/C23H33N3O4/c27-21(9-8-17-10-12-24-13-11-17)26-14-4-7-19(16-26)23(30)25-20(15-22(28)29)18-5-2-1-3-6-18/h1-3,5-6,17,19-20,24H,4,7-16H2,(H,25,30)(H,28,29)/t19-,20?/m1/s1. The number of nitrogens with zero attached hydrogens (tertiary/aromatic N) is 1. The number of carboxylic acids is 1. The Morgan fingerprint density at radius 3 is 2.57 bits per heavy atom. The van der Waals surface area contributed by atoms with Gasteiger partial charge in [0.05, 0.1) is 18.4 Å². The zero-order valence-electron chi connectivity index (χ0n) is 17.5. The molecule has 0 aliphatic carbocycles. The Bertz CT molecular complexity index is 718. The second kappa shape index (κ2) is 11.1. The summed E-state index contributed by atoms with van der Waals surface area (Å²) in [5.74, 6) is -0.664. The van der Waals surface area contributed by atoms with Crippen molar-refractivity contribution in [1.82, 2.24) is 15.5 Å². The van der Waals surface area contributed by atoms with E-state index in [2.05, 4.69) is 10.6 Å². The molecule has 164 valence electrons. The molecule has 7 nitrogen and oxygen atoms in total. The largest absolute Gasteiger partial charge is 0.481 e. The lowest BCUT2D eigenvalue weighted by atomic mass is 9.92. The molecule has 2 atom stereocenters. The number of rotatable bonds is 8. The van der Waals surface area contributed by atoms with E-state index in [4.69, 9.17) is 0 Å². The van der Waals surface area contributed by atoms with Crippen molar-refractivity contribution in [1.29, 1.82) is 0 Å². The lowest BCUT2D eigenvalue weighted by Gasteiger charge is -2.33. The van der Waals surface area contributed by atoms with Crippen LogP contribution in [0.15, 0.2) is 30.3 Å². The molecule has 0 radical (unpaired) electrons. The summed E-state index contributed by atoms with van der Waals surface area (Å²) >= 11 is 0. The van der Waals surface area contributed by atoms with E-state index in [9.17, 15) is 19.5 Å². The third kappa shape index (κ3) is 6.55. The Morgan fingerprint density at radius 2 is 1.87 bits per heavy atom. The monoisotopic (exact) mass is 415 g/mol. The summed E-state index contributed by atoms with van der Waals surface area (Å²) in [4.78, 5) is 38.7. The minimum atomic E-state index is -0.956.